The van der Waals surface area contributed by atoms with Crippen LogP contribution < -0.4 is 5.32 Å². The first kappa shape index (κ1) is 19.9. The number of benzene rings is 3. The molecule has 1 aliphatic carbocycles. The molecule has 1 fully saturated rings. The average Bonchev–Trinajstić information content (AvgIpc) is 3.51. The summed E-state index contributed by atoms with van der Waals surface area (Å²) in [5.74, 6) is -0.557. The zero-order valence-electron chi connectivity index (χ0n) is 17.4. The molecular formula is C26H25NO3. The van der Waals surface area contributed by atoms with Crippen molar-refractivity contribution in [2.75, 3.05) is 12.4 Å². The minimum absolute atomic E-state index is 0.0103. The summed E-state index contributed by atoms with van der Waals surface area (Å²) in [5.41, 5.74) is 5.53. The molecule has 4 nitrogen and oxygen atoms in total. The highest BCUT2D eigenvalue weighted by Crippen LogP contribution is 2.59. The lowest BCUT2D eigenvalue weighted by molar-refractivity contribution is -0.117. The Bertz CT molecular complexity index is 1060. The van der Waals surface area contributed by atoms with Gasteiger partial charge < -0.3 is 10.1 Å². The van der Waals surface area contributed by atoms with Crippen LogP contribution in [0.15, 0.2) is 72.8 Å². The number of amides is 1. The predicted octanol–water partition coefficient (Wildman–Crippen LogP) is 5.03. The number of hydrogen-bond acceptors (Lipinski definition) is 3. The van der Waals surface area contributed by atoms with Crippen LogP contribution in [-0.4, -0.2) is 19.0 Å². The molecule has 0 radical (unpaired) electrons. The lowest BCUT2D eigenvalue weighted by Crippen LogP contribution is -2.22. The van der Waals surface area contributed by atoms with Crippen LogP contribution in [0.3, 0.4) is 0 Å². The SMILES string of the molecule is COC(=O)c1ccc(NC(=O)[C@@H]2CC2(c2cccc(C)c2)c2cccc(C)c2)cc1. The second-order valence-corrected chi connectivity index (χ2v) is 8.03. The van der Waals surface area contributed by atoms with Crippen molar-refractivity contribution >= 4 is 17.6 Å². The third kappa shape index (κ3) is 3.61. The van der Waals surface area contributed by atoms with Crippen LogP contribution in [0.4, 0.5) is 5.69 Å². The van der Waals surface area contributed by atoms with E-state index in [4.69, 9.17) is 4.74 Å². The van der Waals surface area contributed by atoms with E-state index < -0.39 is 5.97 Å². The summed E-state index contributed by atoms with van der Waals surface area (Å²) < 4.78 is 4.72. The third-order valence-corrected chi connectivity index (χ3v) is 5.92. The summed E-state index contributed by atoms with van der Waals surface area (Å²) in [4.78, 5) is 24.8. The largest absolute Gasteiger partial charge is 0.465 e. The Morgan fingerprint density at radius 3 is 1.97 bits per heavy atom. The van der Waals surface area contributed by atoms with E-state index in [2.05, 4.69) is 67.7 Å². The van der Waals surface area contributed by atoms with Gasteiger partial charge in [-0.25, -0.2) is 4.79 Å². The van der Waals surface area contributed by atoms with Crippen LogP contribution >= 0.6 is 0 Å². The average molecular weight is 399 g/mol. The van der Waals surface area contributed by atoms with Crippen molar-refractivity contribution in [1.82, 2.24) is 0 Å². The van der Waals surface area contributed by atoms with Gasteiger partial charge in [-0.15, -0.1) is 0 Å². The molecule has 0 saturated heterocycles. The van der Waals surface area contributed by atoms with Gasteiger partial charge >= 0.3 is 5.97 Å². The van der Waals surface area contributed by atoms with Crippen LogP contribution in [0.5, 0.6) is 0 Å². The third-order valence-electron chi connectivity index (χ3n) is 5.92. The molecule has 0 bridgehead atoms. The van der Waals surface area contributed by atoms with Crippen molar-refractivity contribution in [1.29, 1.82) is 0 Å². The van der Waals surface area contributed by atoms with E-state index in [0.717, 1.165) is 6.42 Å². The van der Waals surface area contributed by atoms with Gasteiger partial charge in [0, 0.05) is 11.1 Å². The fraction of sp³-hybridized carbons (Fsp3) is 0.231. The van der Waals surface area contributed by atoms with Crippen LogP contribution in [-0.2, 0) is 14.9 Å². The standard InChI is InChI=1S/C26H25NO3/c1-17-6-4-8-20(14-17)26(21-9-5-7-18(2)15-21)16-23(26)24(28)27-22-12-10-19(11-13-22)25(29)30-3/h4-15,23H,16H2,1-3H3,(H,27,28)/t23-/m0/s1. The van der Waals surface area contributed by atoms with Crippen molar-refractivity contribution < 1.29 is 14.3 Å². The van der Waals surface area contributed by atoms with Crippen molar-refractivity contribution in [2.45, 2.75) is 25.7 Å². The summed E-state index contributed by atoms with van der Waals surface area (Å²) in [7, 11) is 1.35. The van der Waals surface area contributed by atoms with Crippen LogP contribution in [0, 0.1) is 19.8 Å². The highest BCUT2D eigenvalue weighted by Gasteiger charge is 2.60. The lowest BCUT2D eigenvalue weighted by atomic mass is 9.84. The van der Waals surface area contributed by atoms with Crippen molar-refractivity contribution in [3.8, 4) is 0 Å². The molecule has 1 atom stereocenters. The molecule has 0 unspecified atom stereocenters. The topological polar surface area (TPSA) is 55.4 Å². The van der Waals surface area contributed by atoms with Gasteiger partial charge in [0.15, 0.2) is 0 Å². The Labute approximate surface area is 176 Å². The number of ether oxygens (including phenoxy) is 1. The maximum Gasteiger partial charge on any atom is 0.337 e. The zero-order valence-corrected chi connectivity index (χ0v) is 17.4. The molecule has 1 aliphatic rings. The van der Waals surface area contributed by atoms with Gasteiger partial charge in [-0.05, 0) is 55.7 Å². The van der Waals surface area contributed by atoms with Gasteiger partial charge in [0.1, 0.15) is 0 Å². The highest BCUT2D eigenvalue weighted by molar-refractivity contribution is 5.97. The van der Waals surface area contributed by atoms with Gasteiger partial charge in [-0.1, -0.05) is 59.7 Å². The quantitative estimate of drug-likeness (QED) is 0.612. The molecule has 3 aromatic rings. The molecular weight excluding hydrogens is 374 g/mol. The lowest BCUT2D eigenvalue weighted by Gasteiger charge is -2.20. The first-order valence-corrected chi connectivity index (χ1v) is 10.1. The highest BCUT2D eigenvalue weighted by atomic mass is 16.5. The van der Waals surface area contributed by atoms with E-state index in [1.54, 1.807) is 24.3 Å². The Morgan fingerprint density at radius 2 is 1.47 bits per heavy atom. The van der Waals surface area contributed by atoms with E-state index in [-0.39, 0.29) is 17.2 Å². The van der Waals surface area contributed by atoms with Crippen molar-refractivity contribution in [2.24, 2.45) is 5.92 Å². The number of hydrogen-bond donors (Lipinski definition) is 1. The molecule has 4 rings (SSSR count). The van der Waals surface area contributed by atoms with Crippen molar-refractivity contribution in [3.63, 3.8) is 0 Å². The Morgan fingerprint density at radius 1 is 0.900 bits per heavy atom. The predicted molar refractivity (Wildman–Crippen MR) is 118 cm³/mol. The number of nitrogens with one attached hydrogen (secondary N) is 1. The molecule has 152 valence electrons. The van der Waals surface area contributed by atoms with Crippen LogP contribution in [0.25, 0.3) is 0 Å². The summed E-state index contributed by atoms with van der Waals surface area (Å²) in [5, 5.41) is 3.02. The maximum atomic E-state index is 13.2. The number of carbonyl (C=O) groups is 2. The van der Waals surface area contributed by atoms with Gasteiger partial charge in [0.05, 0.1) is 18.6 Å². The van der Waals surface area contributed by atoms with E-state index >= 15 is 0 Å². The Hall–Kier alpha value is -3.40. The first-order valence-electron chi connectivity index (χ1n) is 10.1. The number of aryl methyl sites for hydroxylation is 2. The molecule has 0 aromatic heterocycles. The van der Waals surface area contributed by atoms with Gasteiger partial charge in [-0.3, -0.25) is 4.79 Å². The van der Waals surface area contributed by atoms with Crippen LogP contribution in [0.1, 0.15) is 39.0 Å². The van der Waals surface area contributed by atoms with E-state index in [0.29, 0.717) is 11.3 Å². The molecule has 3 aromatic carbocycles. The second kappa shape index (κ2) is 7.79. The summed E-state index contributed by atoms with van der Waals surface area (Å²) >= 11 is 0. The number of methoxy groups -OCH3 is 1. The number of carbonyl (C=O) groups excluding carboxylic acids is 2. The number of anilines is 1. The number of esters is 1. The van der Waals surface area contributed by atoms with Crippen molar-refractivity contribution in [3.05, 3.63) is 101 Å². The fourth-order valence-electron chi connectivity index (χ4n) is 4.27. The zero-order chi connectivity index (χ0) is 21.3. The molecule has 30 heavy (non-hydrogen) atoms. The maximum absolute atomic E-state index is 13.2. The molecule has 1 saturated carbocycles. The monoisotopic (exact) mass is 399 g/mol. The van der Waals surface area contributed by atoms with E-state index in [9.17, 15) is 9.59 Å². The molecule has 0 heterocycles. The summed E-state index contributed by atoms with van der Waals surface area (Å²) in [6.45, 7) is 4.15. The van der Waals surface area contributed by atoms with Gasteiger partial charge in [0.2, 0.25) is 5.91 Å². The van der Waals surface area contributed by atoms with E-state index in [1.807, 2.05) is 0 Å². The second-order valence-electron chi connectivity index (χ2n) is 8.03. The minimum Gasteiger partial charge on any atom is -0.465 e. The number of rotatable bonds is 5. The Kier molecular flexibility index (Phi) is 5.17. The molecule has 1 N–H and O–H groups in total. The molecule has 0 aliphatic heterocycles. The summed E-state index contributed by atoms with van der Waals surface area (Å²) in [6, 6.07) is 23.6. The molecule has 4 heteroatoms. The normalized spacial score (nSPS) is 16.6. The molecule has 1 amide bonds. The van der Waals surface area contributed by atoms with E-state index in [1.165, 1.54) is 29.4 Å². The minimum atomic E-state index is -0.395. The fourth-order valence-corrected chi connectivity index (χ4v) is 4.27. The smallest absolute Gasteiger partial charge is 0.337 e. The summed E-state index contributed by atoms with van der Waals surface area (Å²) in [6.07, 6.45) is 0.770. The van der Waals surface area contributed by atoms with Gasteiger partial charge in [-0.2, -0.15) is 0 Å². The Balaban J connectivity index is 1.62. The molecule has 0 spiro atoms. The van der Waals surface area contributed by atoms with Crippen LogP contribution in [0.2, 0.25) is 0 Å². The first-order chi connectivity index (χ1) is 14.4. The van der Waals surface area contributed by atoms with Gasteiger partial charge in [0.25, 0.3) is 0 Å².